The van der Waals surface area contributed by atoms with Gasteiger partial charge in [0.2, 0.25) is 0 Å². The molecule has 1 saturated heterocycles. The molecule has 2 unspecified atom stereocenters. The van der Waals surface area contributed by atoms with Gasteiger partial charge in [0.25, 0.3) is 11.8 Å². The zero-order chi connectivity index (χ0) is 29.0. The molecule has 1 N–H and O–H groups in total. The SMILES string of the molecule is C=O.CC.CCCCC(CCCCNC(=O)OCC1[C@H]2CCC#CCC[C@@H]12)CCC(=O)ON1C(=O)CCC1=O.[HH]. The minimum atomic E-state index is -0.534. The zero-order valence-electron chi connectivity index (χ0n) is 24.1. The lowest BCUT2D eigenvalue weighted by Crippen LogP contribution is -2.32. The van der Waals surface area contributed by atoms with E-state index in [1.165, 1.54) is 0 Å². The van der Waals surface area contributed by atoms with Crippen molar-refractivity contribution < 1.29 is 35.0 Å². The molecular weight excluding hydrogens is 500 g/mol. The first-order valence-corrected chi connectivity index (χ1v) is 14.7. The largest absolute Gasteiger partial charge is 0.449 e. The minimum absolute atomic E-state index is 0. The number of nitrogens with zero attached hydrogens (tertiary/aromatic N) is 1. The van der Waals surface area contributed by atoms with Crippen LogP contribution in [-0.4, -0.2) is 48.9 Å². The van der Waals surface area contributed by atoms with Crippen molar-refractivity contribution in [3.63, 3.8) is 0 Å². The smallest absolute Gasteiger partial charge is 0.407 e. The van der Waals surface area contributed by atoms with Crippen LogP contribution in [0, 0.1) is 35.5 Å². The molecule has 1 heterocycles. The molecule has 0 aromatic carbocycles. The van der Waals surface area contributed by atoms with E-state index < -0.39 is 17.8 Å². The van der Waals surface area contributed by atoms with Crippen molar-refractivity contribution in [2.24, 2.45) is 23.7 Å². The van der Waals surface area contributed by atoms with Gasteiger partial charge in [-0.25, -0.2) is 9.59 Å². The topological polar surface area (TPSA) is 119 Å². The first kappa shape index (κ1) is 34.1. The number of carbonyl (C=O) groups excluding carboxylic acids is 5. The van der Waals surface area contributed by atoms with Crippen molar-refractivity contribution in [1.82, 2.24) is 10.4 Å². The highest BCUT2D eigenvalue weighted by Crippen LogP contribution is 2.52. The molecule has 9 heteroatoms. The summed E-state index contributed by atoms with van der Waals surface area (Å²) < 4.78 is 5.46. The van der Waals surface area contributed by atoms with Gasteiger partial charge in [0.05, 0.1) is 6.61 Å². The highest BCUT2D eigenvalue weighted by molar-refractivity contribution is 6.01. The second kappa shape index (κ2) is 20.1. The molecule has 2 aliphatic carbocycles. The Labute approximate surface area is 235 Å². The Morgan fingerprint density at radius 3 is 2.18 bits per heavy atom. The molecule has 222 valence electrons. The normalized spacial score (nSPS) is 21.7. The average Bonchev–Trinajstić information content (AvgIpc) is 3.49. The molecule has 39 heavy (non-hydrogen) atoms. The average molecular weight is 551 g/mol. The van der Waals surface area contributed by atoms with Crippen LogP contribution < -0.4 is 5.32 Å². The minimum Gasteiger partial charge on any atom is -0.449 e. The Morgan fingerprint density at radius 1 is 1.00 bits per heavy atom. The third kappa shape index (κ3) is 12.7. The fourth-order valence-corrected chi connectivity index (χ4v) is 5.31. The van der Waals surface area contributed by atoms with Gasteiger partial charge in [0, 0.05) is 40.1 Å². The molecule has 0 aromatic heterocycles. The predicted molar refractivity (Wildman–Crippen MR) is 150 cm³/mol. The Balaban J connectivity index is 0.00000291. The van der Waals surface area contributed by atoms with Gasteiger partial charge < -0.3 is 19.7 Å². The Morgan fingerprint density at radius 2 is 1.59 bits per heavy atom. The molecule has 0 bridgehead atoms. The van der Waals surface area contributed by atoms with Crippen molar-refractivity contribution >= 4 is 30.7 Å². The molecule has 9 nitrogen and oxygen atoms in total. The van der Waals surface area contributed by atoms with Gasteiger partial charge in [-0.15, -0.1) is 16.9 Å². The Kier molecular flexibility index (Phi) is 17.6. The number of hydrogen-bond donors (Lipinski definition) is 1. The summed E-state index contributed by atoms with van der Waals surface area (Å²) in [7, 11) is 0. The molecule has 3 rings (SSSR count). The van der Waals surface area contributed by atoms with Crippen molar-refractivity contribution in [1.29, 1.82) is 0 Å². The number of carbonyl (C=O) groups is 5. The van der Waals surface area contributed by atoms with Crippen LogP contribution in [0.25, 0.3) is 0 Å². The van der Waals surface area contributed by atoms with Crippen LogP contribution >= 0.6 is 0 Å². The van der Waals surface area contributed by atoms with Crippen LogP contribution in [0.2, 0.25) is 0 Å². The van der Waals surface area contributed by atoms with E-state index in [9.17, 15) is 19.2 Å². The van der Waals surface area contributed by atoms with E-state index in [-0.39, 0.29) is 26.8 Å². The first-order valence-electron chi connectivity index (χ1n) is 14.7. The zero-order valence-corrected chi connectivity index (χ0v) is 24.1. The van der Waals surface area contributed by atoms with Crippen molar-refractivity contribution in [3.05, 3.63) is 0 Å². The molecule has 1 saturated carbocycles. The standard InChI is InChI=1S/C27H40N2O6.C2H6.CH2O.H2/c1-2-3-10-20(14-17-26(32)35-29-24(30)15-16-25(29)31)11-8-9-18-28-27(33)34-19-23-21-12-6-4-5-7-13-22(21)23;2*1-2;/h20-23H,2-3,6-19H2,1H3,(H,28,33);1-2H3;1H2;1H/t20?,21-,22+,23?;;;. The number of hydroxylamine groups is 2. The van der Waals surface area contributed by atoms with Gasteiger partial charge in [-0.3, -0.25) is 9.59 Å². The van der Waals surface area contributed by atoms with Crippen LogP contribution in [0.1, 0.15) is 112 Å². The van der Waals surface area contributed by atoms with Crippen LogP contribution in [-0.2, 0) is 28.8 Å². The number of unbranched alkanes of at least 4 members (excludes halogenated alkanes) is 2. The van der Waals surface area contributed by atoms with Gasteiger partial charge >= 0.3 is 12.1 Å². The molecule has 3 amide bonds. The summed E-state index contributed by atoms with van der Waals surface area (Å²) >= 11 is 0. The van der Waals surface area contributed by atoms with Crippen molar-refractivity contribution in [3.8, 4) is 11.8 Å². The van der Waals surface area contributed by atoms with Gasteiger partial charge in [-0.05, 0) is 49.4 Å². The van der Waals surface area contributed by atoms with E-state index in [4.69, 9.17) is 14.4 Å². The van der Waals surface area contributed by atoms with E-state index in [0.29, 0.717) is 48.3 Å². The quantitative estimate of drug-likeness (QED) is 0.170. The van der Waals surface area contributed by atoms with Crippen LogP contribution in [0.15, 0.2) is 0 Å². The first-order chi connectivity index (χ1) is 19.0. The lowest BCUT2D eigenvalue weighted by molar-refractivity contribution is -0.197. The van der Waals surface area contributed by atoms with Crippen LogP contribution in [0.4, 0.5) is 4.79 Å². The molecule has 3 aliphatic rings. The number of rotatable bonds is 14. The summed E-state index contributed by atoms with van der Waals surface area (Å²) in [5.74, 6) is 7.18. The number of amides is 3. The van der Waals surface area contributed by atoms with E-state index in [0.717, 1.165) is 64.2 Å². The number of fused-ring (bicyclic) bond motifs is 1. The maximum Gasteiger partial charge on any atom is 0.407 e. The third-order valence-corrected chi connectivity index (χ3v) is 7.48. The number of imide groups is 1. The van der Waals surface area contributed by atoms with E-state index >= 15 is 0 Å². The molecular formula is C30H50N2O7. The van der Waals surface area contributed by atoms with Crippen molar-refractivity contribution in [2.45, 2.75) is 111 Å². The predicted octanol–water partition coefficient (Wildman–Crippen LogP) is 5.60. The summed E-state index contributed by atoms with van der Waals surface area (Å²) in [6.45, 7) is 9.22. The lowest BCUT2D eigenvalue weighted by atomic mass is 9.91. The summed E-state index contributed by atoms with van der Waals surface area (Å²) in [6.07, 6.45) is 10.8. The van der Waals surface area contributed by atoms with Gasteiger partial charge in [0.1, 0.15) is 6.79 Å². The lowest BCUT2D eigenvalue weighted by Gasteiger charge is -2.17. The number of nitrogens with one attached hydrogen (secondary N) is 1. The van der Waals surface area contributed by atoms with Gasteiger partial charge in [-0.2, -0.15) is 0 Å². The fourth-order valence-electron chi connectivity index (χ4n) is 5.31. The number of alkyl carbamates (subject to hydrolysis) is 1. The fraction of sp³-hybridized carbons (Fsp3) is 0.767. The molecule has 0 aromatic rings. The Hall–Kier alpha value is -2.89. The monoisotopic (exact) mass is 550 g/mol. The molecule has 4 atom stereocenters. The van der Waals surface area contributed by atoms with Gasteiger partial charge in [0.15, 0.2) is 0 Å². The molecule has 0 spiro atoms. The highest BCUT2D eigenvalue weighted by atomic mass is 16.7. The molecule has 2 fully saturated rings. The molecule has 1 aliphatic heterocycles. The number of ether oxygens (including phenoxy) is 1. The summed E-state index contributed by atoms with van der Waals surface area (Å²) in [6, 6.07) is 0. The second-order valence-electron chi connectivity index (χ2n) is 10.0. The maximum absolute atomic E-state index is 12.1. The maximum atomic E-state index is 12.1. The summed E-state index contributed by atoms with van der Waals surface area (Å²) in [5.41, 5.74) is 0. The van der Waals surface area contributed by atoms with Crippen molar-refractivity contribution in [2.75, 3.05) is 13.2 Å². The second-order valence-corrected chi connectivity index (χ2v) is 10.0. The van der Waals surface area contributed by atoms with E-state index in [2.05, 4.69) is 24.1 Å². The summed E-state index contributed by atoms with van der Waals surface area (Å²) in [4.78, 5) is 60.3. The van der Waals surface area contributed by atoms with Crippen LogP contribution in [0.3, 0.4) is 0 Å². The Bertz CT molecular complexity index is 808. The number of hydrogen-bond acceptors (Lipinski definition) is 7. The van der Waals surface area contributed by atoms with Crippen LogP contribution in [0.5, 0.6) is 0 Å². The third-order valence-electron chi connectivity index (χ3n) is 7.48. The summed E-state index contributed by atoms with van der Waals surface area (Å²) in [5, 5.41) is 3.47. The van der Waals surface area contributed by atoms with E-state index in [1.54, 1.807) is 0 Å². The highest BCUT2D eigenvalue weighted by Gasteiger charge is 2.49. The van der Waals surface area contributed by atoms with Gasteiger partial charge in [-0.1, -0.05) is 52.9 Å². The van der Waals surface area contributed by atoms with E-state index in [1.807, 2.05) is 20.6 Å². The molecule has 0 radical (unpaired) electrons.